The van der Waals surface area contributed by atoms with Gasteiger partial charge in [-0.1, -0.05) is 18.2 Å². The average Bonchev–Trinajstić information content (AvgIpc) is 3.39. The zero-order chi connectivity index (χ0) is 20.2. The molecule has 2 aromatic carbocycles. The van der Waals surface area contributed by atoms with Crippen molar-refractivity contribution in [1.82, 2.24) is 10.2 Å². The third-order valence-corrected chi connectivity index (χ3v) is 5.87. The van der Waals surface area contributed by atoms with Crippen molar-refractivity contribution in [2.24, 2.45) is 0 Å². The second-order valence-corrected chi connectivity index (χ2v) is 7.91. The molecule has 29 heavy (non-hydrogen) atoms. The van der Waals surface area contributed by atoms with Gasteiger partial charge in [0.05, 0.1) is 5.88 Å². The highest BCUT2D eigenvalue weighted by molar-refractivity contribution is 7.99. The number of rotatable bonds is 5. The van der Waals surface area contributed by atoms with Crippen LogP contribution in [0.4, 0.5) is 5.69 Å². The quantitative estimate of drug-likeness (QED) is 0.790. The Morgan fingerprint density at radius 2 is 1.79 bits per heavy atom. The van der Waals surface area contributed by atoms with E-state index in [0.29, 0.717) is 35.9 Å². The second-order valence-electron chi connectivity index (χ2n) is 6.91. The summed E-state index contributed by atoms with van der Waals surface area (Å²) in [5.41, 5.74) is 0.633. The van der Waals surface area contributed by atoms with Gasteiger partial charge in [0.25, 0.3) is 0 Å². The van der Waals surface area contributed by atoms with Crippen LogP contribution in [0.25, 0.3) is 0 Å². The summed E-state index contributed by atoms with van der Waals surface area (Å²) >= 11 is 1.53. The Bertz CT molecular complexity index is 904. The Kier molecular flexibility index (Phi) is 5.71. The molecule has 0 spiro atoms. The highest BCUT2D eigenvalue weighted by atomic mass is 32.2. The van der Waals surface area contributed by atoms with Crippen LogP contribution in [0, 0.1) is 0 Å². The molecule has 2 saturated heterocycles. The van der Waals surface area contributed by atoms with E-state index in [0.717, 1.165) is 5.75 Å². The molecule has 7 nitrogen and oxygen atoms in total. The van der Waals surface area contributed by atoms with Gasteiger partial charge in [0.2, 0.25) is 17.7 Å². The number of hydrogen-bond donors (Lipinski definition) is 2. The lowest BCUT2D eigenvalue weighted by Crippen LogP contribution is -2.50. The molecule has 2 N–H and O–H groups in total. The normalized spacial score (nSPS) is 21.0. The molecule has 0 aliphatic carbocycles. The lowest BCUT2D eigenvalue weighted by molar-refractivity contribution is -0.138. The summed E-state index contributed by atoms with van der Waals surface area (Å²) in [5, 5.41) is 5.55. The summed E-state index contributed by atoms with van der Waals surface area (Å²) in [5.74, 6) is 1.85. The Balaban J connectivity index is 1.36. The van der Waals surface area contributed by atoms with Gasteiger partial charge in [0.15, 0.2) is 0 Å². The second kappa shape index (κ2) is 8.57. The Morgan fingerprint density at radius 3 is 2.48 bits per heavy atom. The van der Waals surface area contributed by atoms with E-state index in [9.17, 15) is 14.4 Å². The van der Waals surface area contributed by atoms with E-state index in [-0.39, 0.29) is 17.7 Å². The first kappa shape index (κ1) is 19.3. The number of carbonyl (C=O) groups excluding carboxylic acids is 3. The van der Waals surface area contributed by atoms with Gasteiger partial charge in [-0.25, -0.2) is 0 Å². The van der Waals surface area contributed by atoms with Crippen molar-refractivity contribution in [2.45, 2.75) is 24.9 Å². The largest absolute Gasteiger partial charge is 0.457 e. The molecule has 8 heteroatoms. The minimum Gasteiger partial charge on any atom is -0.457 e. The van der Waals surface area contributed by atoms with Gasteiger partial charge >= 0.3 is 0 Å². The number of nitrogens with zero attached hydrogens (tertiary/aromatic N) is 1. The number of nitrogens with one attached hydrogen (secondary N) is 2. The number of thioether (sulfide) groups is 1. The molecule has 3 amide bonds. The average molecular weight is 411 g/mol. The predicted octanol–water partition coefficient (Wildman–Crippen LogP) is 2.60. The van der Waals surface area contributed by atoms with E-state index >= 15 is 0 Å². The molecule has 4 rings (SSSR count). The van der Waals surface area contributed by atoms with Crippen LogP contribution in [0.1, 0.15) is 12.8 Å². The van der Waals surface area contributed by atoms with Crippen molar-refractivity contribution in [3.63, 3.8) is 0 Å². The molecule has 2 aromatic rings. The van der Waals surface area contributed by atoms with Crippen molar-refractivity contribution < 1.29 is 19.1 Å². The SMILES string of the molecule is O=C1CC[C@H](C(=O)N2CSC[C@@H]2C(=O)Nc2ccc(Oc3ccccc3)cc2)N1. The number of amides is 3. The lowest BCUT2D eigenvalue weighted by atomic mass is 10.1. The topological polar surface area (TPSA) is 87.7 Å². The number of carbonyl (C=O) groups is 3. The van der Waals surface area contributed by atoms with Gasteiger partial charge in [-0.15, -0.1) is 11.8 Å². The standard InChI is InChI=1S/C21H21N3O4S/c25-19-11-10-17(23-19)21(27)24-13-29-12-18(24)20(26)22-14-6-8-16(9-7-14)28-15-4-2-1-3-5-15/h1-9,17-18H,10-13H2,(H,22,26)(H,23,25)/t17-,18-/m1/s1. The van der Waals surface area contributed by atoms with Crippen LogP contribution in [0.2, 0.25) is 0 Å². The van der Waals surface area contributed by atoms with Crippen LogP contribution in [-0.4, -0.2) is 46.3 Å². The summed E-state index contributed by atoms with van der Waals surface area (Å²) < 4.78 is 5.75. The summed E-state index contributed by atoms with van der Waals surface area (Å²) in [4.78, 5) is 38.4. The minimum atomic E-state index is -0.551. The fourth-order valence-corrected chi connectivity index (χ4v) is 4.50. The smallest absolute Gasteiger partial charge is 0.248 e. The summed E-state index contributed by atoms with van der Waals surface area (Å²) in [6.07, 6.45) is 0.835. The number of para-hydroxylation sites is 1. The van der Waals surface area contributed by atoms with E-state index in [2.05, 4.69) is 10.6 Å². The van der Waals surface area contributed by atoms with Gasteiger partial charge in [-0.3, -0.25) is 14.4 Å². The van der Waals surface area contributed by atoms with E-state index in [1.807, 2.05) is 30.3 Å². The monoisotopic (exact) mass is 411 g/mol. The van der Waals surface area contributed by atoms with Crippen LogP contribution >= 0.6 is 11.8 Å². The fraction of sp³-hybridized carbons (Fsp3) is 0.286. The van der Waals surface area contributed by atoms with Crippen molar-refractivity contribution in [3.8, 4) is 11.5 Å². The first-order valence-electron chi connectivity index (χ1n) is 9.41. The molecular weight excluding hydrogens is 390 g/mol. The maximum absolute atomic E-state index is 12.7. The molecule has 0 aromatic heterocycles. The minimum absolute atomic E-state index is 0.117. The molecule has 0 bridgehead atoms. The van der Waals surface area contributed by atoms with Gasteiger partial charge in [0.1, 0.15) is 23.6 Å². The molecule has 0 saturated carbocycles. The third-order valence-electron chi connectivity index (χ3n) is 4.86. The van der Waals surface area contributed by atoms with Crippen LogP contribution < -0.4 is 15.4 Å². The Morgan fingerprint density at radius 1 is 1.07 bits per heavy atom. The fourth-order valence-electron chi connectivity index (χ4n) is 3.33. The molecular formula is C21H21N3O4S. The zero-order valence-corrected chi connectivity index (χ0v) is 16.5. The van der Waals surface area contributed by atoms with E-state index < -0.39 is 12.1 Å². The summed E-state index contributed by atoms with van der Waals surface area (Å²) in [6, 6.07) is 15.5. The third kappa shape index (κ3) is 4.54. The maximum Gasteiger partial charge on any atom is 0.248 e. The summed E-state index contributed by atoms with van der Waals surface area (Å²) in [6.45, 7) is 0. The van der Waals surface area contributed by atoms with Crippen molar-refractivity contribution in [2.75, 3.05) is 16.9 Å². The Hall–Kier alpha value is -3.00. The molecule has 0 unspecified atom stereocenters. The molecule has 2 fully saturated rings. The van der Waals surface area contributed by atoms with Gasteiger partial charge in [-0.2, -0.15) is 0 Å². The van der Waals surface area contributed by atoms with E-state index in [1.54, 1.807) is 29.2 Å². The van der Waals surface area contributed by atoms with E-state index in [1.165, 1.54) is 11.8 Å². The number of hydrogen-bond acceptors (Lipinski definition) is 5. The zero-order valence-electron chi connectivity index (χ0n) is 15.7. The molecule has 2 aliphatic rings. The number of ether oxygens (including phenoxy) is 1. The van der Waals surface area contributed by atoms with Gasteiger partial charge in [0, 0.05) is 17.9 Å². The van der Waals surface area contributed by atoms with Gasteiger partial charge < -0.3 is 20.3 Å². The molecule has 2 atom stereocenters. The maximum atomic E-state index is 12.7. The van der Waals surface area contributed by atoms with Crippen molar-refractivity contribution in [3.05, 3.63) is 54.6 Å². The van der Waals surface area contributed by atoms with Crippen molar-refractivity contribution in [1.29, 1.82) is 0 Å². The van der Waals surface area contributed by atoms with Crippen LogP contribution in [-0.2, 0) is 14.4 Å². The van der Waals surface area contributed by atoms with Crippen molar-refractivity contribution >= 4 is 35.2 Å². The highest BCUT2D eigenvalue weighted by Gasteiger charge is 2.39. The first-order valence-corrected chi connectivity index (χ1v) is 10.6. The van der Waals surface area contributed by atoms with Crippen LogP contribution in [0.3, 0.4) is 0 Å². The molecule has 150 valence electrons. The summed E-state index contributed by atoms with van der Waals surface area (Å²) in [7, 11) is 0. The highest BCUT2D eigenvalue weighted by Crippen LogP contribution is 2.26. The number of benzene rings is 2. The molecule has 2 aliphatic heterocycles. The van der Waals surface area contributed by atoms with Crippen LogP contribution in [0.5, 0.6) is 11.5 Å². The first-order chi connectivity index (χ1) is 14.1. The Labute approximate surface area is 172 Å². The molecule has 0 radical (unpaired) electrons. The molecule has 2 heterocycles. The van der Waals surface area contributed by atoms with Crippen LogP contribution in [0.15, 0.2) is 54.6 Å². The lowest BCUT2D eigenvalue weighted by Gasteiger charge is -2.25. The number of anilines is 1. The van der Waals surface area contributed by atoms with Gasteiger partial charge in [-0.05, 0) is 42.8 Å². The van der Waals surface area contributed by atoms with E-state index in [4.69, 9.17) is 4.74 Å². The predicted molar refractivity (Wildman–Crippen MR) is 111 cm³/mol.